The highest BCUT2D eigenvalue weighted by atomic mass is 16.5. The molecule has 2 amide bonds. The van der Waals surface area contributed by atoms with Gasteiger partial charge in [-0.15, -0.1) is 0 Å². The van der Waals surface area contributed by atoms with E-state index in [0.29, 0.717) is 18.0 Å². The van der Waals surface area contributed by atoms with Crippen LogP contribution in [0, 0.1) is 6.92 Å². The van der Waals surface area contributed by atoms with Crippen LogP contribution in [-0.4, -0.2) is 24.6 Å². The predicted octanol–water partition coefficient (Wildman–Crippen LogP) is 2.48. The number of nitrogens with zero attached hydrogens (tertiary/aromatic N) is 1. The van der Waals surface area contributed by atoms with Crippen LogP contribution < -0.4 is 15.5 Å². The number of hydrazone groups is 1. The van der Waals surface area contributed by atoms with Crippen molar-refractivity contribution in [3.05, 3.63) is 59.7 Å². The molecule has 2 aromatic rings. The van der Waals surface area contributed by atoms with Crippen molar-refractivity contribution in [3.8, 4) is 5.75 Å². The van der Waals surface area contributed by atoms with Crippen molar-refractivity contribution in [1.82, 2.24) is 5.43 Å². The summed E-state index contributed by atoms with van der Waals surface area (Å²) >= 11 is 0. The summed E-state index contributed by atoms with van der Waals surface area (Å²) in [6.07, 6.45) is 1.45. The number of benzene rings is 2. The van der Waals surface area contributed by atoms with Crippen LogP contribution in [0.1, 0.15) is 18.1 Å². The van der Waals surface area contributed by atoms with Crippen LogP contribution in [0.3, 0.4) is 0 Å². The number of nitrogens with one attached hydrogen (secondary N) is 2. The molecule has 0 atom stereocenters. The van der Waals surface area contributed by atoms with E-state index in [4.69, 9.17) is 4.74 Å². The summed E-state index contributed by atoms with van der Waals surface area (Å²) in [6, 6.07) is 14.4. The van der Waals surface area contributed by atoms with Gasteiger partial charge in [-0.1, -0.05) is 30.3 Å². The molecule has 6 heteroatoms. The lowest BCUT2D eigenvalue weighted by atomic mass is 10.2. The minimum atomic E-state index is -0.838. The minimum Gasteiger partial charge on any atom is -0.494 e. The Kier molecular flexibility index (Phi) is 6.08. The van der Waals surface area contributed by atoms with Gasteiger partial charge in [-0.2, -0.15) is 5.10 Å². The zero-order valence-corrected chi connectivity index (χ0v) is 13.6. The molecule has 2 N–H and O–H groups in total. The van der Waals surface area contributed by atoms with Crippen LogP contribution >= 0.6 is 0 Å². The molecule has 0 saturated carbocycles. The second-order valence-corrected chi connectivity index (χ2v) is 4.97. The van der Waals surface area contributed by atoms with E-state index in [-0.39, 0.29) is 0 Å². The number of amides is 2. The lowest BCUT2D eigenvalue weighted by Gasteiger charge is -2.06. The van der Waals surface area contributed by atoms with E-state index in [1.165, 1.54) is 6.21 Å². The standard InChI is InChI=1S/C18H19N3O3/c1-3-24-15-9-6-8-14(11-15)12-19-21-18(23)17(22)20-16-10-5-4-7-13(16)2/h4-12H,3H2,1-2H3,(H,20,22)(H,21,23)/b19-12-. The molecular formula is C18H19N3O3. The van der Waals surface area contributed by atoms with Crippen molar-refractivity contribution < 1.29 is 14.3 Å². The summed E-state index contributed by atoms with van der Waals surface area (Å²) in [4.78, 5) is 23.6. The molecule has 0 fully saturated rings. The molecule has 24 heavy (non-hydrogen) atoms. The Morgan fingerprint density at radius 2 is 1.92 bits per heavy atom. The topological polar surface area (TPSA) is 79.8 Å². The molecule has 0 saturated heterocycles. The maximum absolute atomic E-state index is 11.8. The van der Waals surface area contributed by atoms with E-state index < -0.39 is 11.8 Å². The first-order chi connectivity index (χ1) is 11.6. The summed E-state index contributed by atoms with van der Waals surface area (Å²) in [5, 5.41) is 6.33. The number of anilines is 1. The first-order valence-electron chi connectivity index (χ1n) is 7.53. The Hall–Kier alpha value is -3.15. The molecule has 0 aromatic heterocycles. The highest BCUT2D eigenvalue weighted by Gasteiger charge is 2.13. The van der Waals surface area contributed by atoms with Crippen molar-refractivity contribution in [2.45, 2.75) is 13.8 Å². The van der Waals surface area contributed by atoms with Gasteiger partial charge in [0.05, 0.1) is 12.8 Å². The van der Waals surface area contributed by atoms with Crippen LogP contribution in [0.25, 0.3) is 0 Å². The first-order valence-corrected chi connectivity index (χ1v) is 7.53. The second-order valence-electron chi connectivity index (χ2n) is 4.97. The largest absolute Gasteiger partial charge is 0.494 e. The number of ether oxygens (including phenoxy) is 1. The smallest absolute Gasteiger partial charge is 0.329 e. The number of carbonyl (C=O) groups excluding carboxylic acids is 2. The number of hydrogen-bond donors (Lipinski definition) is 2. The molecule has 2 rings (SSSR count). The van der Waals surface area contributed by atoms with Gasteiger partial charge in [0.15, 0.2) is 0 Å². The summed E-state index contributed by atoms with van der Waals surface area (Å²) in [5.41, 5.74) is 4.41. The first kappa shape index (κ1) is 17.2. The van der Waals surface area contributed by atoms with Crippen LogP contribution in [0.15, 0.2) is 53.6 Å². The van der Waals surface area contributed by atoms with Gasteiger partial charge in [-0.25, -0.2) is 5.43 Å². The number of aryl methyl sites for hydroxylation is 1. The predicted molar refractivity (Wildman–Crippen MR) is 93.2 cm³/mol. The van der Waals surface area contributed by atoms with E-state index in [0.717, 1.165) is 11.1 Å². The molecule has 0 aliphatic rings. The van der Waals surface area contributed by atoms with Crippen molar-refractivity contribution in [3.63, 3.8) is 0 Å². The number of carbonyl (C=O) groups is 2. The van der Waals surface area contributed by atoms with Gasteiger partial charge in [0, 0.05) is 5.69 Å². The lowest BCUT2D eigenvalue weighted by molar-refractivity contribution is -0.136. The molecule has 0 spiro atoms. The van der Waals surface area contributed by atoms with Crippen LogP contribution in [0.2, 0.25) is 0 Å². The summed E-state index contributed by atoms with van der Waals surface area (Å²) in [6.45, 7) is 4.31. The monoisotopic (exact) mass is 325 g/mol. The molecule has 0 bridgehead atoms. The van der Waals surface area contributed by atoms with Gasteiger partial charge < -0.3 is 10.1 Å². The van der Waals surface area contributed by atoms with Gasteiger partial charge >= 0.3 is 11.8 Å². The minimum absolute atomic E-state index is 0.566. The Balaban J connectivity index is 1.91. The summed E-state index contributed by atoms with van der Waals surface area (Å²) < 4.78 is 5.38. The molecule has 0 heterocycles. The average Bonchev–Trinajstić information content (AvgIpc) is 2.57. The Bertz CT molecular complexity index is 757. The maximum Gasteiger partial charge on any atom is 0.329 e. The van der Waals surface area contributed by atoms with E-state index >= 15 is 0 Å². The van der Waals surface area contributed by atoms with E-state index in [9.17, 15) is 9.59 Å². The number of rotatable bonds is 5. The van der Waals surface area contributed by atoms with Gasteiger partial charge in [0.25, 0.3) is 0 Å². The van der Waals surface area contributed by atoms with Crippen molar-refractivity contribution in [2.24, 2.45) is 5.10 Å². The normalized spacial score (nSPS) is 10.4. The van der Waals surface area contributed by atoms with Crippen molar-refractivity contribution >= 4 is 23.7 Å². The van der Waals surface area contributed by atoms with Gasteiger partial charge in [0.1, 0.15) is 5.75 Å². The third kappa shape index (κ3) is 4.95. The Labute approximate surface area is 140 Å². The molecule has 124 valence electrons. The van der Waals surface area contributed by atoms with Crippen molar-refractivity contribution in [1.29, 1.82) is 0 Å². The maximum atomic E-state index is 11.8. The highest BCUT2D eigenvalue weighted by Crippen LogP contribution is 2.13. The lowest BCUT2D eigenvalue weighted by Crippen LogP contribution is -2.32. The zero-order valence-electron chi connectivity index (χ0n) is 13.6. The Morgan fingerprint density at radius 3 is 2.67 bits per heavy atom. The third-order valence-electron chi connectivity index (χ3n) is 3.15. The fourth-order valence-corrected chi connectivity index (χ4v) is 1.96. The quantitative estimate of drug-likeness (QED) is 0.503. The fraction of sp³-hybridized carbons (Fsp3) is 0.167. The zero-order chi connectivity index (χ0) is 17.4. The summed E-state index contributed by atoms with van der Waals surface area (Å²) in [5.74, 6) is -0.898. The highest BCUT2D eigenvalue weighted by molar-refractivity contribution is 6.39. The van der Waals surface area contributed by atoms with Gasteiger partial charge in [0.2, 0.25) is 0 Å². The van der Waals surface area contributed by atoms with E-state index in [1.54, 1.807) is 18.2 Å². The molecule has 0 aliphatic carbocycles. The molecular weight excluding hydrogens is 306 g/mol. The molecule has 2 aromatic carbocycles. The number of para-hydroxylation sites is 1. The molecule has 6 nitrogen and oxygen atoms in total. The molecule has 0 aliphatic heterocycles. The van der Waals surface area contributed by atoms with Crippen LogP contribution in [0.4, 0.5) is 5.69 Å². The SMILES string of the molecule is CCOc1cccc(/C=N\NC(=O)C(=O)Nc2ccccc2C)c1. The van der Waals surface area contributed by atoms with E-state index in [2.05, 4.69) is 15.8 Å². The average molecular weight is 325 g/mol. The van der Waals surface area contributed by atoms with Crippen molar-refractivity contribution in [2.75, 3.05) is 11.9 Å². The van der Waals surface area contributed by atoms with Gasteiger partial charge in [-0.05, 0) is 43.2 Å². The van der Waals surface area contributed by atoms with Gasteiger partial charge in [-0.3, -0.25) is 9.59 Å². The Morgan fingerprint density at radius 1 is 1.12 bits per heavy atom. The van der Waals surface area contributed by atoms with Crippen LogP contribution in [0.5, 0.6) is 5.75 Å². The summed E-state index contributed by atoms with van der Waals surface area (Å²) in [7, 11) is 0. The van der Waals surface area contributed by atoms with E-state index in [1.807, 2.05) is 44.2 Å². The fourth-order valence-electron chi connectivity index (χ4n) is 1.96. The second kappa shape index (κ2) is 8.47. The third-order valence-corrected chi connectivity index (χ3v) is 3.15. The molecule has 0 unspecified atom stereocenters. The number of hydrogen-bond acceptors (Lipinski definition) is 4. The van der Waals surface area contributed by atoms with Crippen LogP contribution in [-0.2, 0) is 9.59 Å². The molecule has 0 radical (unpaired) electrons.